The van der Waals surface area contributed by atoms with E-state index >= 15 is 0 Å². The van der Waals surface area contributed by atoms with Gasteiger partial charge in [-0.3, -0.25) is 4.79 Å². The van der Waals surface area contributed by atoms with E-state index in [9.17, 15) is 9.59 Å². The van der Waals surface area contributed by atoms with E-state index in [2.05, 4.69) is 27.9 Å². The fraction of sp³-hybridized carbons (Fsp3) is 0.333. The van der Waals surface area contributed by atoms with Crippen molar-refractivity contribution in [1.82, 2.24) is 5.32 Å². The van der Waals surface area contributed by atoms with Crippen molar-refractivity contribution in [2.45, 2.75) is 19.9 Å². The molecule has 0 saturated heterocycles. The van der Waals surface area contributed by atoms with E-state index < -0.39 is 5.97 Å². The summed E-state index contributed by atoms with van der Waals surface area (Å²) >= 11 is 2.05. The van der Waals surface area contributed by atoms with Gasteiger partial charge in [-0.05, 0) is 48.6 Å². The number of rotatable bonds is 4. The largest absolute Gasteiger partial charge is 0.452 e. The van der Waals surface area contributed by atoms with Crippen LogP contribution in [0, 0.1) is 3.57 Å². The summed E-state index contributed by atoms with van der Waals surface area (Å²) in [6, 6.07) is 7.12. The highest BCUT2D eigenvalue weighted by atomic mass is 127. The predicted molar refractivity (Wildman–Crippen MR) is 72.7 cm³/mol. The van der Waals surface area contributed by atoms with Gasteiger partial charge in [-0.15, -0.1) is 0 Å². The average Bonchev–Trinajstić information content (AvgIpc) is 2.25. The van der Waals surface area contributed by atoms with Crippen LogP contribution in [0.1, 0.15) is 24.2 Å². The standard InChI is InChI=1S/C12H14INO3/c1-8(2)14-11(15)7-17-12(16)9-5-3-4-6-10(9)13/h3-6,8H,7H2,1-2H3,(H,14,15). The van der Waals surface area contributed by atoms with Crippen molar-refractivity contribution in [1.29, 1.82) is 0 Å². The number of nitrogens with one attached hydrogen (secondary N) is 1. The Bertz CT molecular complexity index is 418. The third-order valence-electron chi connectivity index (χ3n) is 1.88. The number of carbonyl (C=O) groups excluding carboxylic acids is 2. The van der Waals surface area contributed by atoms with Crippen LogP contribution in [-0.4, -0.2) is 24.5 Å². The van der Waals surface area contributed by atoms with E-state index in [1.54, 1.807) is 12.1 Å². The van der Waals surface area contributed by atoms with E-state index in [0.717, 1.165) is 3.57 Å². The van der Waals surface area contributed by atoms with Crippen LogP contribution in [-0.2, 0) is 9.53 Å². The lowest BCUT2D eigenvalue weighted by Gasteiger charge is -2.09. The van der Waals surface area contributed by atoms with Gasteiger partial charge in [0.25, 0.3) is 5.91 Å². The van der Waals surface area contributed by atoms with Crippen LogP contribution in [0.5, 0.6) is 0 Å². The highest BCUT2D eigenvalue weighted by Gasteiger charge is 2.12. The lowest BCUT2D eigenvalue weighted by molar-refractivity contribution is -0.124. The Morgan fingerprint density at radius 3 is 2.59 bits per heavy atom. The molecule has 5 heteroatoms. The van der Waals surface area contributed by atoms with Crippen molar-refractivity contribution < 1.29 is 14.3 Å². The minimum atomic E-state index is -0.478. The Balaban J connectivity index is 2.51. The molecule has 0 heterocycles. The van der Waals surface area contributed by atoms with Crippen LogP contribution in [0.2, 0.25) is 0 Å². The van der Waals surface area contributed by atoms with Crippen LogP contribution < -0.4 is 5.32 Å². The summed E-state index contributed by atoms with van der Waals surface area (Å²) in [4.78, 5) is 22.9. The van der Waals surface area contributed by atoms with Gasteiger partial charge in [0.15, 0.2) is 6.61 Å². The highest BCUT2D eigenvalue weighted by Crippen LogP contribution is 2.12. The Kier molecular flexibility index (Phi) is 5.40. The van der Waals surface area contributed by atoms with Gasteiger partial charge >= 0.3 is 5.97 Å². The molecule has 1 aromatic carbocycles. The SMILES string of the molecule is CC(C)NC(=O)COC(=O)c1ccccc1I. The molecule has 17 heavy (non-hydrogen) atoms. The molecule has 1 N–H and O–H groups in total. The van der Waals surface area contributed by atoms with Gasteiger partial charge in [0.1, 0.15) is 0 Å². The summed E-state index contributed by atoms with van der Waals surface area (Å²) in [5, 5.41) is 2.65. The molecule has 0 aliphatic rings. The molecule has 0 atom stereocenters. The molecule has 0 aromatic heterocycles. The smallest absolute Gasteiger partial charge is 0.339 e. The average molecular weight is 347 g/mol. The number of hydrogen-bond donors (Lipinski definition) is 1. The Morgan fingerprint density at radius 1 is 1.35 bits per heavy atom. The molecule has 0 bridgehead atoms. The van der Waals surface area contributed by atoms with Crippen LogP contribution in [0.25, 0.3) is 0 Å². The lowest BCUT2D eigenvalue weighted by Crippen LogP contribution is -2.34. The second kappa shape index (κ2) is 6.58. The molecule has 1 rings (SSSR count). The maximum Gasteiger partial charge on any atom is 0.339 e. The van der Waals surface area contributed by atoms with Crippen LogP contribution in [0.3, 0.4) is 0 Å². The monoisotopic (exact) mass is 347 g/mol. The molecule has 4 nitrogen and oxygen atoms in total. The van der Waals surface area contributed by atoms with E-state index in [1.807, 2.05) is 26.0 Å². The molecule has 0 unspecified atom stereocenters. The van der Waals surface area contributed by atoms with Crippen molar-refractivity contribution in [2.75, 3.05) is 6.61 Å². The zero-order valence-corrected chi connectivity index (χ0v) is 11.9. The predicted octanol–water partition coefficient (Wildman–Crippen LogP) is 1.97. The van der Waals surface area contributed by atoms with Crippen molar-refractivity contribution in [2.24, 2.45) is 0 Å². The third-order valence-corrected chi connectivity index (χ3v) is 2.82. The number of amides is 1. The van der Waals surface area contributed by atoms with Gasteiger partial charge in [0.05, 0.1) is 5.56 Å². The molecule has 1 aromatic rings. The van der Waals surface area contributed by atoms with Crippen molar-refractivity contribution in [3.8, 4) is 0 Å². The molecule has 0 radical (unpaired) electrons. The zero-order chi connectivity index (χ0) is 12.8. The minimum Gasteiger partial charge on any atom is -0.452 e. The molecule has 0 aliphatic carbocycles. The summed E-state index contributed by atoms with van der Waals surface area (Å²) in [6.45, 7) is 3.45. The molecule has 92 valence electrons. The van der Waals surface area contributed by atoms with Gasteiger partial charge in [-0.1, -0.05) is 12.1 Å². The molecule has 1 amide bonds. The Morgan fingerprint density at radius 2 is 2.00 bits per heavy atom. The van der Waals surface area contributed by atoms with Crippen molar-refractivity contribution in [3.63, 3.8) is 0 Å². The second-order valence-electron chi connectivity index (χ2n) is 3.78. The molecule has 0 aliphatic heterocycles. The van der Waals surface area contributed by atoms with Gasteiger partial charge < -0.3 is 10.1 Å². The Labute approximate surface area is 114 Å². The van der Waals surface area contributed by atoms with Gasteiger partial charge in [0.2, 0.25) is 0 Å². The van der Waals surface area contributed by atoms with Gasteiger partial charge in [-0.25, -0.2) is 4.79 Å². The van der Waals surface area contributed by atoms with E-state index in [-0.39, 0.29) is 18.6 Å². The van der Waals surface area contributed by atoms with Gasteiger partial charge in [-0.2, -0.15) is 0 Å². The van der Waals surface area contributed by atoms with Crippen molar-refractivity contribution >= 4 is 34.5 Å². The first-order valence-electron chi connectivity index (χ1n) is 5.21. The first-order chi connectivity index (χ1) is 8.00. The quantitative estimate of drug-likeness (QED) is 0.669. The highest BCUT2D eigenvalue weighted by molar-refractivity contribution is 14.1. The maximum atomic E-state index is 11.6. The summed E-state index contributed by atoms with van der Waals surface area (Å²) in [5.74, 6) is -0.770. The lowest BCUT2D eigenvalue weighted by atomic mass is 10.2. The molecule has 0 fully saturated rings. The summed E-state index contributed by atoms with van der Waals surface area (Å²) in [6.07, 6.45) is 0. The first kappa shape index (κ1) is 14.0. The maximum absolute atomic E-state index is 11.6. The fourth-order valence-corrected chi connectivity index (χ4v) is 1.81. The zero-order valence-electron chi connectivity index (χ0n) is 9.70. The number of halogens is 1. The van der Waals surface area contributed by atoms with Crippen LogP contribution in [0.4, 0.5) is 0 Å². The normalized spacial score (nSPS) is 10.1. The number of hydrogen-bond acceptors (Lipinski definition) is 3. The number of carbonyl (C=O) groups is 2. The van der Waals surface area contributed by atoms with E-state index in [0.29, 0.717) is 5.56 Å². The number of benzene rings is 1. The van der Waals surface area contributed by atoms with E-state index in [1.165, 1.54) is 0 Å². The van der Waals surface area contributed by atoms with Crippen molar-refractivity contribution in [3.05, 3.63) is 33.4 Å². The molecule has 0 saturated carbocycles. The number of esters is 1. The third kappa shape index (κ3) is 4.72. The summed E-state index contributed by atoms with van der Waals surface area (Å²) in [7, 11) is 0. The molecular weight excluding hydrogens is 333 g/mol. The van der Waals surface area contributed by atoms with Crippen LogP contribution >= 0.6 is 22.6 Å². The minimum absolute atomic E-state index is 0.0399. The first-order valence-corrected chi connectivity index (χ1v) is 6.29. The van der Waals surface area contributed by atoms with Gasteiger partial charge in [0, 0.05) is 9.61 Å². The van der Waals surface area contributed by atoms with E-state index in [4.69, 9.17) is 4.74 Å². The Hall–Kier alpha value is -1.11. The fourth-order valence-electron chi connectivity index (χ4n) is 1.20. The summed E-state index contributed by atoms with van der Waals surface area (Å²) in [5.41, 5.74) is 0.477. The molecular formula is C12H14INO3. The van der Waals surface area contributed by atoms with Crippen LogP contribution in [0.15, 0.2) is 24.3 Å². The number of ether oxygens (including phenoxy) is 1. The summed E-state index contributed by atoms with van der Waals surface area (Å²) < 4.78 is 5.72. The second-order valence-corrected chi connectivity index (χ2v) is 4.94. The topological polar surface area (TPSA) is 55.4 Å². The molecule has 0 spiro atoms.